The lowest BCUT2D eigenvalue weighted by Gasteiger charge is -2.35. The quantitative estimate of drug-likeness (QED) is 0.758. The minimum atomic E-state index is -0.657. The van der Waals surface area contributed by atoms with Crippen LogP contribution in [-0.4, -0.2) is 66.8 Å². The number of ether oxygens (including phenoxy) is 1. The van der Waals surface area contributed by atoms with E-state index in [9.17, 15) is 9.18 Å². The summed E-state index contributed by atoms with van der Waals surface area (Å²) in [5, 5.41) is 0.532. The number of hydrogen-bond donors (Lipinski definition) is 0. The van der Waals surface area contributed by atoms with E-state index in [4.69, 9.17) is 27.9 Å². The molecule has 0 bridgehead atoms. The number of alkyl halides is 1. The van der Waals surface area contributed by atoms with Gasteiger partial charge >= 0.3 is 0 Å². The van der Waals surface area contributed by atoms with Crippen LogP contribution in [0.3, 0.4) is 0 Å². The molecular weight excluding hydrogens is 334 g/mol. The summed E-state index contributed by atoms with van der Waals surface area (Å²) in [4.78, 5) is 23.0. The molecule has 6 nitrogen and oxygen atoms in total. The van der Waals surface area contributed by atoms with E-state index in [0.29, 0.717) is 37.1 Å². The minimum Gasteiger partial charge on any atom is -0.373 e. The third kappa shape index (κ3) is 4.41. The molecule has 1 aliphatic heterocycles. The Bertz CT molecular complexity index is 535. The Labute approximate surface area is 138 Å². The second-order valence-electron chi connectivity index (χ2n) is 4.96. The SMILES string of the molecule is CN(CC1CN(c2nc(Cl)ncc2Cl)CCO1)C(=O)CCF. The molecule has 0 radical (unpaired) electrons. The molecule has 122 valence electrons. The zero-order valence-electron chi connectivity index (χ0n) is 12.1. The summed E-state index contributed by atoms with van der Waals surface area (Å²) in [7, 11) is 1.63. The van der Waals surface area contributed by atoms with E-state index in [0.717, 1.165) is 0 Å². The van der Waals surface area contributed by atoms with E-state index in [1.165, 1.54) is 11.1 Å². The van der Waals surface area contributed by atoms with Crippen LogP contribution in [0.2, 0.25) is 10.3 Å². The lowest BCUT2D eigenvalue weighted by atomic mass is 10.2. The van der Waals surface area contributed by atoms with Crippen molar-refractivity contribution in [3.05, 3.63) is 16.5 Å². The Morgan fingerprint density at radius 1 is 1.59 bits per heavy atom. The van der Waals surface area contributed by atoms with Gasteiger partial charge in [0.15, 0.2) is 5.82 Å². The highest BCUT2D eigenvalue weighted by Crippen LogP contribution is 2.25. The van der Waals surface area contributed by atoms with Crippen molar-refractivity contribution < 1.29 is 13.9 Å². The molecule has 0 spiro atoms. The number of carbonyl (C=O) groups is 1. The maximum Gasteiger partial charge on any atom is 0.225 e. The van der Waals surface area contributed by atoms with Crippen LogP contribution in [0.4, 0.5) is 10.2 Å². The van der Waals surface area contributed by atoms with Gasteiger partial charge < -0.3 is 14.5 Å². The molecule has 1 aromatic rings. The van der Waals surface area contributed by atoms with Crippen LogP contribution in [0.15, 0.2) is 6.20 Å². The van der Waals surface area contributed by atoms with Crippen LogP contribution in [-0.2, 0) is 9.53 Å². The highest BCUT2D eigenvalue weighted by molar-refractivity contribution is 6.33. The molecule has 0 aromatic carbocycles. The molecule has 1 amide bonds. The molecule has 9 heteroatoms. The monoisotopic (exact) mass is 350 g/mol. The lowest BCUT2D eigenvalue weighted by molar-refractivity contribution is -0.132. The third-order valence-corrected chi connectivity index (χ3v) is 3.79. The standard InChI is InChI=1S/C13H17Cl2FN4O2/c1-19(11(21)2-3-16)7-9-8-20(4-5-22-9)12-10(14)6-17-13(15)18-12/h6,9H,2-5,7-8H2,1H3. The highest BCUT2D eigenvalue weighted by Gasteiger charge is 2.25. The van der Waals surface area contributed by atoms with E-state index < -0.39 is 6.67 Å². The minimum absolute atomic E-state index is 0.111. The first kappa shape index (κ1) is 17.2. The first-order chi connectivity index (χ1) is 10.5. The Kier molecular flexibility index (Phi) is 6.16. The van der Waals surface area contributed by atoms with E-state index >= 15 is 0 Å². The van der Waals surface area contributed by atoms with Crippen molar-refractivity contribution in [2.24, 2.45) is 0 Å². The number of nitrogens with zero attached hydrogens (tertiary/aromatic N) is 4. The molecule has 22 heavy (non-hydrogen) atoms. The molecule has 1 saturated heterocycles. The second kappa shape index (κ2) is 7.89. The predicted molar refractivity (Wildman–Crippen MR) is 82.2 cm³/mol. The van der Waals surface area contributed by atoms with Crippen molar-refractivity contribution in [2.75, 3.05) is 44.9 Å². The largest absolute Gasteiger partial charge is 0.373 e. The van der Waals surface area contributed by atoms with Gasteiger partial charge in [-0.2, -0.15) is 4.98 Å². The van der Waals surface area contributed by atoms with Gasteiger partial charge in [-0.15, -0.1) is 0 Å². The molecule has 1 aromatic heterocycles. The van der Waals surface area contributed by atoms with Crippen LogP contribution >= 0.6 is 23.2 Å². The fourth-order valence-electron chi connectivity index (χ4n) is 2.26. The number of rotatable bonds is 5. The summed E-state index contributed by atoms with van der Waals surface area (Å²) in [6.07, 6.45) is 1.14. The van der Waals surface area contributed by atoms with Gasteiger partial charge in [-0.1, -0.05) is 11.6 Å². The summed E-state index contributed by atoms with van der Waals surface area (Å²) in [5.41, 5.74) is 0. The summed E-state index contributed by atoms with van der Waals surface area (Å²) in [6.45, 7) is 1.33. The maximum absolute atomic E-state index is 12.2. The molecule has 1 fully saturated rings. The van der Waals surface area contributed by atoms with Gasteiger partial charge in [0, 0.05) is 26.7 Å². The lowest BCUT2D eigenvalue weighted by Crippen LogP contribution is -2.48. The fraction of sp³-hybridized carbons (Fsp3) is 0.615. The van der Waals surface area contributed by atoms with Crippen LogP contribution in [0.5, 0.6) is 0 Å². The van der Waals surface area contributed by atoms with Gasteiger partial charge in [0.2, 0.25) is 11.2 Å². The molecule has 1 unspecified atom stereocenters. The number of morpholine rings is 1. The molecule has 2 rings (SSSR count). The van der Waals surface area contributed by atoms with Crippen molar-refractivity contribution in [1.29, 1.82) is 0 Å². The van der Waals surface area contributed by atoms with Crippen LogP contribution < -0.4 is 4.90 Å². The van der Waals surface area contributed by atoms with E-state index in [1.807, 2.05) is 4.90 Å². The van der Waals surface area contributed by atoms with Gasteiger partial charge in [-0.05, 0) is 11.6 Å². The summed E-state index contributed by atoms with van der Waals surface area (Å²) in [6, 6.07) is 0. The Balaban J connectivity index is 2.00. The smallest absolute Gasteiger partial charge is 0.225 e. The van der Waals surface area contributed by atoms with Gasteiger partial charge in [0.25, 0.3) is 0 Å². The molecule has 1 atom stereocenters. The van der Waals surface area contributed by atoms with Gasteiger partial charge in [-0.25, -0.2) is 4.98 Å². The molecule has 2 heterocycles. The van der Waals surface area contributed by atoms with Crippen molar-refractivity contribution in [2.45, 2.75) is 12.5 Å². The van der Waals surface area contributed by atoms with Gasteiger partial charge in [-0.3, -0.25) is 9.18 Å². The number of halogens is 3. The van der Waals surface area contributed by atoms with Crippen molar-refractivity contribution in [3.8, 4) is 0 Å². The Hall–Kier alpha value is -1.18. The summed E-state index contributed by atoms with van der Waals surface area (Å²) < 4.78 is 17.9. The van der Waals surface area contributed by atoms with E-state index in [2.05, 4.69) is 9.97 Å². The third-order valence-electron chi connectivity index (χ3n) is 3.35. The van der Waals surface area contributed by atoms with Crippen molar-refractivity contribution in [3.63, 3.8) is 0 Å². The number of hydrogen-bond acceptors (Lipinski definition) is 5. The average molecular weight is 351 g/mol. The molecule has 0 N–H and O–H groups in total. The number of amides is 1. The molecule has 1 aliphatic rings. The second-order valence-corrected chi connectivity index (χ2v) is 5.71. The number of aromatic nitrogens is 2. The summed E-state index contributed by atoms with van der Waals surface area (Å²) >= 11 is 11.9. The first-order valence-corrected chi connectivity index (χ1v) is 7.61. The van der Waals surface area contributed by atoms with Crippen LogP contribution in [0.1, 0.15) is 6.42 Å². The van der Waals surface area contributed by atoms with Crippen molar-refractivity contribution >= 4 is 34.9 Å². The van der Waals surface area contributed by atoms with Crippen LogP contribution in [0.25, 0.3) is 0 Å². The van der Waals surface area contributed by atoms with Gasteiger partial charge in [0.1, 0.15) is 5.02 Å². The zero-order chi connectivity index (χ0) is 16.1. The number of likely N-dealkylation sites (N-methyl/N-ethyl adjacent to an activating group) is 1. The highest BCUT2D eigenvalue weighted by atomic mass is 35.5. The van der Waals surface area contributed by atoms with E-state index in [-0.39, 0.29) is 23.7 Å². The first-order valence-electron chi connectivity index (χ1n) is 6.85. The van der Waals surface area contributed by atoms with Crippen LogP contribution in [0, 0.1) is 0 Å². The zero-order valence-corrected chi connectivity index (χ0v) is 13.6. The maximum atomic E-state index is 12.2. The van der Waals surface area contributed by atoms with Crippen molar-refractivity contribution in [1.82, 2.24) is 14.9 Å². The molecular formula is C13H17Cl2FN4O2. The summed E-state index contributed by atoms with van der Waals surface area (Å²) in [5.74, 6) is 0.305. The topological polar surface area (TPSA) is 58.6 Å². The number of carbonyl (C=O) groups excluding carboxylic acids is 1. The Morgan fingerprint density at radius 3 is 3.09 bits per heavy atom. The molecule has 0 saturated carbocycles. The van der Waals surface area contributed by atoms with E-state index in [1.54, 1.807) is 7.05 Å². The number of anilines is 1. The average Bonchev–Trinajstić information content (AvgIpc) is 2.50. The predicted octanol–water partition coefficient (Wildman–Crippen LogP) is 1.81. The van der Waals surface area contributed by atoms with Gasteiger partial charge in [0.05, 0.1) is 32.0 Å². The fourth-order valence-corrected chi connectivity index (χ4v) is 2.60. The molecule has 0 aliphatic carbocycles. The Morgan fingerprint density at radius 2 is 2.36 bits per heavy atom. The normalized spacial score (nSPS) is 18.4.